The van der Waals surface area contributed by atoms with Crippen molar-refractivity contribution in [3.63, 3.8) is 0 Å². The Morgan fingerprint density at radius 3 is 2.45 bits per heavy atom. The summed E-state index contributed by atoms with van der Waals surface area (Å²) in [6.07, 6.45) is -1.50. The summed E-state index contributed by atoms with van der Waals surface area (Å²) in [5, 5.41) is 5.54. The molecule has 10 heteroatoms. The maximum atomic E-state index is 13.2. The SMILES string of the molecule is COCCNC(=O)[C@H]1[C@H](c2ccc(NC(=O)c3ccc(F)cc3)cc2)OC(=O)N1Cc1cccc(OC)c1. The number of anilines is 1. The van der Waals surface area contributed by atoms with Crippen LogP contribution >= 0.6 is 0 Å². The number of ether oxygens (including phenoxy) is 3. The molecule has 0 aliphatic carbocycles. The Morgan fingerprint density at radius 2 is 1.76 bits per heavy atom. The molecule has 1 aliphatic rings. The summed E-state index contributed by atoms with van der Waals surface area (Å²) in [5.41, 5.74) is 2.15. The molecule has 9 nitrogen and oxygen atoms in total. The molecule has 3 amide bonds. The summed E-state index contributed by atoms with van der Waals surface area (Å²) >= 11 is 0. The monoisotopic (exact) mass is 521 g/mol. The molecule has 3 aromatic carbocycles. The predicted octanol–water partition coefficient (Wildman–Crippen LogP) is 3.91. The Bertz CT molecular complexity index is 1280. The van der Waals surface area contributed by atoms with Gasteiger partial charge >= 0.3 is 6.09 Å². The van der Waals surface area contributed by atoms with E-state index in [1.165, 1.54) is 36.3 Å². The largest absolute Gasteiger partial charge is 0.497 e. The molecule has 0 radical (unpaired) electrons. The number of cyclic esters (lactones) is 1. The summed E-state index contributed by atoms with van der Waals surface area (Å²) < 4.78 is 29.1. The highest BCUT2D eigenvalue weighted by molar-refractivity contribution is 6.04. The van der Waals surface area contributed by atoms with Crippen molar-refractivity contribution in [3.8, 4) is 5.75 Å². The standard InChI is InChI=1S/C28H28FN3O6/c1-36-15-14-30-27(34)24-25(38-28(35)32(24)17-18-4-3-5-23(16-18)37-2)19-8-12-22(13-9-19)31-26(33)20-6-10-21(29)11-7-20/h3-13,16,24-25H,14-15,17H2,1-2H3,(H,30,34)(H,31,33)/t24-,25+/m1/s1. The fourth-order valence-corrected chi connectivity index (χ4v) is 4.12. The van der Waals surface area contributed by atoms with Crippen LogP contribution in [0.2, 0.25) is 0 Å². The van der Waals surface area contributed by atoms with E-state index in [4.69, 9.17) is 14.2 Å². The van der Waals surface area contributed by atoms with Crippen LogP contribution < -0.4 is 15.4 Å². The van der Waals surface area contributed by atoms with Crippen molar-refractivity contribution in [2.75, 3.05) is 32.7 Å². The Kier molecular flexibility index (Phi) is 8.55. The number of rotatable bonds is 10. The lowest BCUT2D eigenvalue weighted by Crippen LogP contribution is -2.47. The summed E-state index contributed by atoms with van der Waals surface area (Å²) in [6.45, 7) is 0.727. The third-order valence-corrected chi connectivity index (χ3v) is 6.05. The molecule has 2 N–H and O–H groups in total. The third-order valence-electron chi connectivity index (χ3n) is 6.05. The number of hydrogen-bond donors (Lipinski definition) is 2. The number of carbonyl (C=O) groups excluding carboxylic acids is 3. The molecular weight excluding hydrogens is 493 g/mol. The molecule has 2 atom stereocenters. The molecule has 0 spiro atoms. The Labute approximate surface area is 219 Å². The maximum absolute atomic E-state index is 13.2. The lowest BCUT2D eigenvalue weighted by molar-refractivity contribution is -0.126. The maximum Gasteiger partial charge on any atom is 0.411 e. The lowest BCUT2D eigenvalue weighted by atomic mass is 10.00. The number of benzene rings is 3. The first-order valence-electron chi connectivity index (χ1n) is 11.9. The van der Waals surface area contributed by atoms with E-state index in [-0.39, 0.29) is 19.0 Å². The number of hydrogen-bond acceptors (Lipinski definition) is 6. The van der Waals surface area contributed by atoms with Gasteiger partial charge in [-0.25, -0.2) is 9.18 Å². The molecule has 0 saturated carbocycles. The normalized spacial score (nSPS) is 16.6. The fraction of sp³-hybridized carbons (Fsp3) is 0.250. The zero-order chi connectivity index (χ0) is 27.1. The fourth-order valence-electron chi connectivity index (χ4n) is 4.12. The van der Waals surface area contributed by atoms with E-state index in [9.17, 15) is 18.8 Å². The molecule has 3 aromatic rings. The van der Waals surface area contributed by atoms with E-state index >= 15 is 0 Å². The van der Waals surface area contributed by atoms with Crippen LogP contribution in [0.15, 0.2) is 72.8 Å². The van der Waals surface area contributed by atoms with Gasteiger partial charge in [-0.3, -0.25) is 14.5 Å². The summed E-state index contributed by atoms with van der Waals surface area (Å²) in [6, 6.07) is 18.1. The van der Waals surface area contributed by atoms with Gasteiger partial charge in [0.1, 0.15) is 11.6 Å². The molecule has 38 heavy (non-hydrogen) atoms. The van der Waals surface area contributed by atoms with Crippen molar-refractivity contribution in [2.24, 2.45) is 0 Å². The third kappa shape index (κ3) is 6.27. The Balaban J connectivity index is 1.54. The zero-order valence-corrected chi connectivity index (χ0v) is 21.0. The average molecular weight is 522 g/mol. The number of nitrogens with one attached hydrogen (secondary N) is 2. The second-order valence-electron chi connectivity index (χ2n) is 8.60. The van der Waals surface area contributed by atoms with Crippen molar-refractivity contribution in [3.05, 3.63) is 95.3 Å². The first-order valence-corrected chi connectivity index (χ1v) is 11.9. The summed E-state index contributed by atoms with van der Waals surface area (Å²) in [5.74, 6) is -0.580. The van der Waals surface area contributed by atoms with Crippen LogP contribution in [0.25, 0.3) is 0 Å². The van der Waals surface area contributed by atoms with Gasteiger partial charge in [0.25, 0.3) is 5.91 Å². The Morgan fingerprint density at radius 1 is 1.03 bits per heavy atom. The van der Waals surface area contributed by atoms with Gasteiger partial charge in [0.05, 0.1) is 20.3 Å². The molecule has 1 aliphatic heterocycles. The highest BCUT2D eigenvalue weighted by Crippen LogP contribution is 2.35. The highest BCUT2D eigenvalue weighted by atomic mass is 19.1. The molecule has 1 fully saturated rings. The highest BCUT2D eigenvalue weighted by Gasteiger charge is 2.46. The molecule has 0 bridgehead atoms. The molecule has 1 heterocycles. The quantitative estimate of drug-likeness (QED) is 0.392. The molecule has 4 rings (SSSR count). The van der Waals surface area contributed by atoms with Gasteiger partial charge < -0.3 is 24.8 Å². The summed E-state index contributed by atoms with van der Waals surface area (Å²) in [4.78, 5) is 40.0. The van der Waals surface area contributed by atoms with Crippen molar-refractivity contribution in [2.45, 2.75) is 18.7 Å². The topological polar surface area (TPSA) is 106 Å². The summed E-state index contributed by atoms with van der Waals surface area (Å²) in [7, 11) is 3.08. The van der Waals surface area contributed by atoms with Gasteiger partial charge in [-0.1, -0.05) is 24.3 Å². The predicted molar refractivity (Wildman–Crippen MR) is 137 cm³/mol. The van der Waals surface area contributed by atoms with Crippen molar-refractivity contribution in [1.29, 1.82) is 0 Å². The first kappa shape index (κ1) is 26.6. The minimum absolute atomic E-state index is 0.140. The number of halogens is 1. The lowest BCUT2D eigenvalue weighted by Gasteiger charge is -2.24. The van der Waals surface area contributed by atoms with Crippen LogP contribution in [-0.4, -0.2) is 56.2 Å². The van der Waals surface area contributed by atoms with Crippen LogP contribution in [0.1, 0.15) is 27.6 Å². The van der Waals surface area contributed by atoms with Gasteiger partial charge in [0, 0.05) is 24.9 Å². The van der Waals surface area contributed by atoms with E-state index < -0.39 is 30.0 Å². The van der Waals surface area contributed by atoms with E-state index in [1.807, 2.05) is 6.07 Å². The van der Waals surface area contributed by atoms with Gasteiger partial charge in [-0.05, 0) is 59.7 Å². The molecular formula is C28H28FN3O6. The number of nitrogens with zero attached hydrogens (tertiary/aromatic N) is 1. The first-order chi connectivity index (χ1) is 18.4. The number of methoxy groups -OCH3 is 2. The second kappa shape index (κ2) is 12.2. The average Bonchev–Trinajstić information content (AvgIpc) is 3.25. The van der Waals surface area contributed by atoms with Crippen LogP contribution in [-0.2, 0) is 20.8 Å². The van der Waals surface area contributed by atoms with Gasteiger partial charge in [0.2, 0.25) is 5.91 Å². The smallest absolute Gasteiger partial charge is 0.411 e. The zero-order valence-electron chi connectivity index (χ0n) is 21.0. The van der Waals surface area contributed by atoms with E-state index in [2.05, 4.69) is 10.6 Å². The van der Waals surface area contributed by atoms with Crippen molar-refractivity contribution in [1.82, 2.24) is 10.2 Å². The number of amides is 3. The van der Waals surface area contributed by atoms with E-state index in [0.717, 1.165) is 5.56 Å². The minimum atomic E-state index is -0.940. The minimum Gasteiger partial charge on any atom is -0.497 e. The van der Waals surface area contributed by atoms with Crippen molar-refractivity contribution < 1.29 is 33.0 Å². The molecule has 0 unspecified atom stereocenters. The molecule has 1 saturated heterocycles. The van der Waals surface area contributed by atoms with Crippen LogP contribution in [0.3, 0.4) is 0 Å². The van der Waals surface area contributed by atoms with Crippen molar-refractivity contribution >= 4 is 23.6 Å². The second-order valence-corrected chi connectivity index (χ2v) is 8.60. The van der Waals surface area contributed by atoms with Gasteiger partial charge in [0.15, 0.2) is 12.1 Å². The van der Waals surface area contributed by atoms with Gasteiger partial charge in [-0.15, -0.1) is 0 Å². The Hall–Kier alpha value is -4.44. The van der Waals surface area contributed by atoms with Crippen LogP contribution in [0.4, 0.5) is 14.9 Å². The van der Waals surface area contributed by atoms with E-state index in [0.29, 0.717) is 29.2 Å². The van der Waals surface area contributed by atoms with Gasteiger partial charge in [-0.2, -0.15) is 0 Å². The van der Waals surface area contributed by atoms with Crippen LogP contribution in [0.5, 0.6) is 5.75 Å². The molecule has 0 aromatic heterocycles. The van der Waals surface area contributed by atoms with Crippen LogP contribution in [0, 0.1) is 5.82 Å². The molecule has 198 valence electrons. The van der Waals surface area contributed by atoms with E-state index in [1.54, 1.807) is 49.6 Å². The number of carbonyl (C=O) groups is 3.